The van der Waals surface area contributed by atoms with Gasteiger partial charge in [-0.2, -0.15) is 0 Å². The highest BCUT2D eigenvalue weighted by Gasteiger charge is 2.13. The normalized spacial score (nSPS) is 11.1. The van der Waals surface area contributed by atoms with Crippen LogP contribution in [0.5, 0.6) is 0 Å². The van der Waals surface area contributed by atoms with Gasteiger partial charge in [-0.1, -0.05) is 38.1 Å². The van der Waals surface area contributed by atoms with Crippen molar-refractivity contribution in [2.75, 3.05) is 5.73 Å². The maximum absolute atomic E-state index is 9.00. The predicted molar refractivity (Wildman–Crippen MR) is 68.4 cm³/mol. The molecule has 0 radical (unpaired) electrons. The summed E-state index contributed by atoms with van der Waals surface area (Å²) >= 11 is 0. The molecule has 1 aromatic carbocycles. The van der Waals surface area contributed by atoms with Gasteiger partial charge in [0.05, 0.1) is 12.3 Å². The lowest BCUT2D eigenvalue weighted by atomic mass is 10.0. The number of aliphatic hydroxyl groups excluding tert-OH is 1. The highest BCUT2D eigenvalue weighted by molar-refractivity contribution is 5.64. The van der Waals surface area contributed by atoms with Crippen molar-refractivity contribution < 1.29 is 5.11 Å². The first-order valence-electron chi connectivity index (χ1n) is 5.67. The second-order valence-corrected chi connectivity index (χ2v) is 4.39. The molecule has 0 fully saturated rings. The quantitative estimate of drug-likeness (QED) is 0.758. The summed E-state index contributed by atoms with van der Waals surface area (Å²) in [6.07, 6.45) is 0. The van der Waals surface area contributed by atoms with Crippen LogP contribution in [0.4, 0.5) is 5.95 Å². The maximum atomic E-state index is 9.00. The number of hydrogen-bond donors (Lipinski definition) is 3. The largest absolute Gasteiger partial charge is 0.392 e. The van der Waals surface area contributed by atoms with Crippen LogP contribution in [-0.2, 0) is 6.61 Å². The van der Waals surface area contributed by atoms with Gasteiger partial charge in [0.15, 0.2) is 5.95 Å². The molecule has 4 N–H and O–H groups in total. The molecule has 17 heavy (non-hydrogen) atoms. The Morgan fingerprint density at radius 1 is 1.29 bits per heavy atom. The number of H-pyrrole nitrogens is 1. The zero-order chi connectivity index (χ0) is 12.4. The van der Waals surface area contributed by atoms with Crippen LogP contribution < -0.4 is 5.73 Å². The average Bonchev–Trinajstić information content (AvgIpc) is 2.72. The maximum Gasteiger partial charge on any atom is 0.198 e. The zero-order valence-corrected chi connectivity index (χ0v) is 10.1. The fraction of sp³-hybridized carbons (Fsp3) is 0.308. The van der Waals surface area contributed by atoms with E-state index < -0.39 is 0 Å². The number of imidazole rings is 1. The first-order chi connectivity index (χ1) is 8.11. The summed E-state index contributed by atoms with van der Waals surface area (Å²) in [7, 11) is 0. The molecule has 2 aromatic rings. The van der Waals surface area contributed by atoms with Crippen LogP contribution in [0.3, 0.4) is 0 Å². The van der Waals surface area contributed by atoms with Gasteiger partial charge in [-0.15, -0.1) is 0 Å². The van der Waals surface area contributed by atoms with Gasteiger partial charge in [0.1, 0.15) is 0 Å². The summed E-state index contributed by atoms with van der Waals surface area (Å²) < 4.78 is 0. The monoisotopic (exact) mass is 231 g/mol. The molecule has 4 nitrogen and oxygen atoms in total. The third kappa shape index (κ3) is 2.31. The highest BCUT2D eigenvalue weighted by atomic mass is 16.3. The Hall–Kier alpha value is -1.81. The molecule has 90 valence electrons. The molecule has 0 unspecified atom stereocenters. The summed E-state index contributed by atoms with van der Waals surface area (Å²) in [5.41, 5.74) is 9.54. The van der Waals surface area contributed by atoms with Gasteiger partial charge < -0.3 is 15.8 Å². The van der Waals surface area contributed by atoms with E-state index in [1.165, 1.54) is 0 Å². The van der Waals surface area contributed by atoms with E-state index in [4.69, 9.17) is 10.8 Å². The van der Waals surface area contributed by atoms with Crippen LogP contribution in [-0.4, -0.2) is 15.1 Å². The molecule has 2 rings (SSSR count). The third-order valence-electron chi connectivity index (χ3n) is 2.74. The van der Waals surface area contributed by atoms with Gasteiger partial charge in [-0.05, 0) is 11.5 Å². The van der Waals surface area contributed by atoms with E-state index in [1.54, 1.807) is 0 Å². The van der Waals surface area contributed by atoms with E-state index >= 15 is 0 Å². The summed E-state index contributed by atoms with van der Waals surface area (Å²) in [5.74, 6) is 0.780. The van der Waals surface area contributed by atoms with E-state index in [2.05, 4.69) is 23.8 Å². The molecule has 0 amide bonds. The van der Waals surface area contributed by atoms with Crippen molar-refractivity contribution >= 4 is 5.95 Å². The number of aliphatic hydroxyl groups is 1. The van der Waals surface area contributed by atoms with E-state index in [1.807, 2.05) is 24.3 Å². The number of anilines is 1. The molecular weight excluding hydrogens is 214 g/mol. The van der Waals surface area contributed by atoms with E-state index in [9.17, 15) is 0 Å². The molecule has 0 aliphatic carbocycles. The Morgan fingerprint density at radius 3 is 2.47 bits per heavy atom. The lowest BCUT2D eigenvalue weighted by molar-refractivity contribution is 0.282. The van der Waals surface area contributed by atoms with Crippen molar-refractivity contribution in [3.63, 3.8) is 0 Å². The number of nitrogens with zero attached hydrogens (tertiary/aromatic N) is 1. The van der Waals surface area contributed by atoms with Crippen molar-refractivity contribution in [1.82, 2.24) is 9.97 Å². The van der Waals surface area contributed by atoms with Gasteiger partial charge in [-0.25, -0.2) is 4.98 Å². The van der Waals surface area contributed by atoms with Gasteiger partial charge in [0, 0.05) is 11.3 Å². The lowest BCUT2D eigenvalue weighted by Gasteiger charge is -2.06. The van der Waals surface area contributed by atoms with Crippen LogP contribution in [0.2, 0.25) is 0 Å². The minimum atomic E-state index is 0.0556. The molecule has 0 spiro atoms. The summed E-state index contributed by atoms with van der Waals surface area (Å²) in [5, 5.41) is 9.00. The second-order valence-electron chi connectivity index (χ2n) is 4.39. The standard InChI is InChI=1S/C13H17N3O/c1-8(2)11-12(16-13(14)15-11)10-5-3-9(7-17)4-6-10/h3-6,8,17H,7H2,1-2H3,(H3,14,15,16). The fourth-order valence-electron chi connectivity index (χ4n) is 1.81. The van der Waals surface area contributed by atoms with Crippen molar-refractivity contribution in [3.05, 3.63) is 35.5 Å². The number of aromatic amines is 1. The first-order valence-corrected chi connectivity index (χ1v) is 5.67. The molecule has 0 aliphatic heterocycles. The molecule has 0 saturated heterocycles. The number of aromatic nitrogens is 2. The van der Waals surface area contributed by atoms with Crippen molar-refractivity contribution in [3.8, 4) is 11.3 Å². The van der Waals surface area contributed by atoms with Crippen LogP contribution in [0.15, 0.2) is 24.3 Å². The van der Waals surface area contributed by atoms with E-state index in [-0.39, 0.29) is 6.61 Å². The number of hydrogen-bond acceptors (Lipinski definition) is 3. The minimum Gasteiger partial charge on any atom is -0.392 e. The van der Waals surface area contributed by atoms with Crippen LogP contribution in [0.25, 0.3) is 11.3 Å². The predicted octanol–water partition coefficient (Wildman–Crippen LogP) is 2.27. The SMILES string of the molecule is CC(C)c1[nH]c(N)nc1-c1ccc(CO)cc1. The van der Waals surface area contributed by atoms with Crippen molar-refractivity contribution in [2.45, 2.75) is 26.4 Å². The lowest BCUT2D eigenvalue weighted by Crippen LogP contribution is -1.92. The molecule has 0 aliphatic rings. The van der Waals surface area contributed by atoms with E-state index in [0.29, 0.717) is 11.9 Å². The first kappa shape index (κ1) is 11.7. The minimum absolute atomic E-state index is 0.0556. The fourth-order valence-corrected chi connectivity index (χ4v) is 1.81. The Bertz CT molecular complexity index is 500. The Labute approximate surface area is 101 Å². The molecule has 1 heterocycles. The number of benzene rings is 1. The van der Waals surface area contributed by atoms with E-state index in [0.717, 1.165) is 22.5 Å². The zero-order valence-electron chi connectivity index (χ0n) is 10.1. The van der Waals surface area contributed by atoms with Gasteiger partial charge in [0.2, 0.25) is 0 Å². The topological polar surface area (TPSA) is 74.9 Å². The second kappa shape index (κ2) is 4.59. The Kier molecular flexibility index (Phi) is 3.15. The Balaban J connectivity index is 2.44. The third-order valence-corrected chi connectivity index (χ3v) is 2.74. The summed E-state index contributed by atoms with van der Waals surface area (Å²) in [4.78, 5) is 7.41. The molecule has 4 heteroatoms. The highest BCUT2D eigenvalue weighted by Crippen LogP contribution is 2.27. The average molecular weight is 231 g/mol. The number of nitrogen functional groups attached to an aromatic ring is 1. The number of nitrogens with two attached hydrogens (primary N) is 1. The van der Waals surface area contributed by atoms with Crippen LogP contribution in [0, 0.1) is 0 Å². The molecule has 1 aromatic heterocycles. The molecule has 0 bridgehead atoms. The van der Waals surface area contributed by atoms with Crippen LogP contribution >= 0.6 is 0 Å². The Morgan fingerprint density at radius 2 is 1.94 bits per heavy atom. The molecular formula is C13H17N3O. The smallest absolute Gasteiger partial charge is 0.198 e. The van der Waals surface area contributed by atoms with Crippen molar-refractivity contribution in [2.24, 2.45) is 0 Å². The number of rotatable bonds is 3. The summed E-state index contributed by atoms with van der Waals surface area (Å²) in [6, 6.07) is 7.69. The van der Waals surface area contributed by atoms with Gasteiger partial charge >= 0.3 is 0 Å². The summed E-state index contributed by atoms with van der Waals surface area (Å²) in [6.45, 7) is 4.25. The van der Waals surface area contributed by atoms with Crippen LogP contribution in [0.1, 0.15) is 31.0 Å². The number of nitrogens with one attached hydrogen (secondary N) is 1. The van der Waals surface area contributed by atoms with Gasteiger partial charge in [0.25, 0.3) is 0 Å². The van der Waals surface area contributed by atoms with Crippen molar-refractivity contribution in [1.29, 1.82) is 0 Å². The molecule has 0 atom stereocenters. The molecule has 0 saturated carbocycles. The van der Waals surface area contributed by atoms with Gasteiger partial charge in [-0.3, -0.25) is 0 Å².